The Hall–Kier alpha value is -0.790. The summed E-state index contributed by atoms with van der Waals surface area (Å²) in [4.78, 5) is 11.4. The van der Waals surface area contributed by atoms with Gasteiger partial charge in [0.15, 0.2) is 0 Å². The number of allylic oxidation sites excluding steroid dienone is 1. The molecule has 19 heavy (non-hydrogen) atoms. The molecule has 0 aromatic rings. The van der Waals surface area contributed by atoms with Crippen molar-refractivity contribution in [2.75, 3.05) is 0 Å². The van der Waals surface area contributed by atoms with E-state index >= 15 is 0 Å². The van der Waals surface area contributed by atoms with Gasteiger partial charge in [-0.3, -0.25) is 0 Å². The van der Waals surface area contributed by atoms with Crippen LogP contribution in [0.2, 0.25) is 0 Å². The lowest BCUT2D eigenvalue weighted by atomic mass is 10.1. The predicted octanol–water partition coefficient (Wildman–Crippen LogP) is 5.17. The van der Waals surface area contributed by atoms with E-state index in [1.807, 2.05) is 6.92 Å². The Morgan fingerprint density at radius 2 is 1.63 bits per heavy atom. The van der Waals surface area contributed by atoms with Crippen molar-refractivity contribution in [3.05, 3.63) is 11.6 Å². The smallest absolute Gasteiger partial charge is 0.334 e. The third-order valence-electron chi connectivity index (χ3n) is 3.78. The maximum Gasteiger partial charge on any atom is 0.334 e. The summed E-state index contributed by atoms with van der Waals surface area (Å²) in [6.45, 7) is 4.21. The zero-order valence-electron chi connectivity index (χ0n) is 12.7. The van der Waals surface area contributed by atoms with Gasteiger partial charge < -0.3 is 4.74 Å². The molecule has 0 aromatic carbocycles. The normalized spacial score (nSPS) is 21.1. The van der Waals surface area contributed by atoms with E-state index in [4.69, 9.17) is 4.74 Å². The summed E-state index contributed by atoms with van der Waals surface area (Å²) in [6.07, 6.45) is 16.2. The third kappa shape index (κ3) is 7.39. The highest BCUT2D eigenvalue weighted by atomic mass is 16.5. The first-order valence-corrected chi connectivity index (χ1v) is 8.14. The van der Waals surface area contributed by atoms with E-state index in [2.05, 4.69) is 13.0 Å². The van der Waals surface area contributed by atoms with Crippen LogP contribution in [0.3, 0.4) is 0 Å². The van der Waals surface area contributed by atoms with Gasteiger partial charge in [0, 0.05) is 12.0 Å². The first-order valence-electron chi connectivity index (χ1n) is 8.14. The van der Waals surface area contributed by atoms with Crippen molar-refractivity contribution >= 4 is 5.97 Å². The predicted molar refractivity (Wildman–Crippen MR) is 80.1 cm³/mol. The Labute approximate surface area is 118 Å². The Balaban J connectivity index is 1.91. The number of hydrogen-bond donors (Lipinski definition) is 0. The number of cyclic esters (lactones) is 1. The fraction of sp³-hybridized carbons (Fsp3) is 0.824. The largest absolute Gasteiger partial charge is 0.459 e. The Kier molecular flexibility index (Phi) is 8.61. The molecule has 0 radical (unpaired) electrons. The lowest BCUT2D eigenvalue weighted by Gasteiger charge is -2.00. The standard InChI is InChI=1S/C17H30O2/c1-3-4-5-6-7-8-9-10-11-12-13-16-14-15(2)19-17(16)18/h13,15H,3-12,14H2,1-2H3/b16-13-. The van der Waals surface area contributed by atoms with Crippen LogP contribution in [0.25, 0.3) is 0 Å². The maximum atomic E-state index is 11.4. The van der Waals surface area contributed by atoms with Crippen LogP contribution in [0, 0.1) is 0 Å². The number of ether oxygens (including phenoxy) is 1. The van der Waals surface area contributed by atoms with Crippen molar-refractivity contribution < 1.29 is 9.53 Å². The Morgan fingerprint density at radius 3 is 2.16 bits per heavy atom. The quantitative estimate of drug-likeness (QED) is 0.310. The van der Waals surface area contributed by atoms with Crippen molar-refractivity contribution in [2.24, 2.45) is 0 Å². The van der Waals surface area contributed by atoms with Gasteiger partial charge in [0.1, 0.15) is 6.10 Å². The molecule has 0 N–H and O–H groups in total. The zero-order valence-corrected chi connectivity index (χ0v) is 12.7. The molecular formula is C17H30O2. The summed E-state index contributed by atoms with van der Waals surface area (Å²) in [5.74, 6) is -0.0941. The molecule has 1 heterocycles. The summed E-state index contributed by atoms with van der Waals surface area (Å²) in [5, 5.41) is 0. The lowest BCUT2D eigenvalue weighted by molar-refractivity contribution is -0.138. The molecule has 0 aromatic heterocycles. The summed E-state index contributed by atoms with van der Waals surface area (Å²) < 4.78 is 5.11. The van der Waals surface area contributed by atoms with E-state index in [-0.39, 0.29) is 12.1 Å². The van der Waals surface area contributed by atoms with Crippen molar-refractivity contribution in [1.29, 1.82) is 0 Å². The number of unbranched alkanes of at least 4 members (excludes halogenated alkanes) is 9. The monoisotopic (exact) mass is 266 g/mol. The van der Waals surface area contributed by atoms with Crippen LogP contribution >= 0.6 is 0 Å². The second-order valence-corrected chi connectivity index (χ2v) is 5.77. The van der Waals surface area contributed by atoms with Gasteiger partial charge in [0.05, 0.1) is 0 Å². The molecule has 0 aliphatic carbocycles. The van der Waals surface area contributed by atoms with Crippen molar-refractivity contribution in [1.82, 2.24) is 0 Å². The first-order chi connectivity index (χ1) is 9.24. The zero-order chi connectivity index (χ0) is 13.9. The number of carbonyl (C=O) groups is 1. The molecule has 1 saturated heterocycles. The van der Waals surface area contributed by atoms with Crippen LogP contribution in [0.5, 0.6) is 0 Å². The van der Waals surface area contributed by atoms with E-state index in [9.17, 15) is 4.79 Å². The van der Waals surface area contributed by atoms with Gasteiger partial charge in [-0.05, 0) is 19.8 Å². The minimum atomic E-state index is -0.0941. The summed E-state index contributed by atoms with van der Waals surface area (Å²) >= 11 is 0. The van der Waals surface area contributed by atoms with E-state index in [0.717, 1.165) is 18.4 Å². The molecule has 1 unspecified atom stereocenters. The fourth-order valence-corrected chi connectivity index (χ4v) is 2.59. The first kappa shape index (κ1) is 16.3. The topological polar surface area (TPSA) is 26.3 Å². The molecule has 0 bridgehead atoms. The van der Waals surface area contributed by atoms with Gasteiger partial charge in [-0.2, -0.15) is 0 Å². The number of hydrogen-bond acceptors (Lipinski definition) is 2. The highest BCUT2D eigenvalue weighted by Gasteiger charge is 2.24. The average molecular weight is 266 g/mol. The maximum absolute atomic E-state index is 11.4. The van der Waals surface area contributed by atoms with Gasteiger partial charge in [0.25, 0.3) is 0 Å². The molecule has 1 fully saturated rings. The highest BCUT2D eigenvalue weighted by Crippen LogP contribution is 2.21. The van der Waals surface area contributed by atoms with E-state index in [1.54, 1.807) is 0 Å². The highest BCUT2D eigenvalue weighted by molar-refractivity contribution is 5.90. The van der Waals surface area contributed by atoms with E-state index < -0.39 is 0 Å². The second-order valence-electron chi connectivity index (χ2n) is 5.77. The summed E-state index contributed by atoms with van der Waals surface area (Å²) in [6, 6.07) is 0. The summed E-state index contributed by atoms with van der Waals surface area (Å²) in [5.41, 5.74) is 0.895. The van der Waals surface area contributed by atoms with Crippen molar-refractivity contribution in [2.45, 2.75) is 90.6 Å². The van der Waals surface area contributed by atoms with Crippen LogP contribution in [-0.2, 0) is 9.53 Å². The van der Waals surface area contributed by atoms with Crippen LogP contribution in [-0.4, -0.2) is 12.1 Å². The molecule has 2 nitrogen and oxygen atoms in total. The lowest BCUT2D eigenvalue weighted by Crippen LogP contribution is -1.99. The molecule has 0 spiro atoms. The molecule has 110 valence electrons. The molecule has 1 aliphatic rings. The van der Waals surface area contributed by atoms with Crippen LogP contribution in [0.15, 0.2) is 11.6 Å². The van der Waals surface area contributed by atoms with Crippen LogP contribution in [0.4, 0.5) is 0 Å². The minimum absolute atomic E-state index is 0.0851. The minimum Gasteiger partial charge on any atom is -0.459 e. The third-order valence-corrected chi connectivity index (χ3v) is 3.78. The van der Waals surface area contributed by atoms with Crippen LogP contribution < -0.4 is 0 Å². The fourth-order valence-electron chi connectivity index (χ4n) is 2.59. The Morgan fingerprint density at radius 1 is 1.05 bits per heavy atom. The van der Waals surface area contributed by atoms with E-state index in [0.29, 0.717) is 0 Å². The molecule has 1 aliphatic heterocycles. The SMILES string of the molecule is CCCCCCCCCCC/C=C1/CC(C)OC1=O. The van der Waals surface area contributed by atoms with Crippen molar-refractivity contribution in [3.8, 4) is 0 Å². The number of carbonyl (C=O) groups excluding carboxylic acids is 1. The van der Waals surface area contributed by atoms with Gasteiger partial charge in [-0.25, -0.2) is 4.79 Å². The molecule has 0 saturated carbocycles. The average Bonchev–Trinajstić information content (AvgIpc) is 2.70. The van der Waals surface area contributed by atoms with Gasteiger partial charge in [-0.15, -0.1) is 0 Å². The second kappa shape index (κ2) is 10.1. The number of rotatable bonds is 10. The Bertz CT molecular complexity index is 281. The van der Waals surface area contributed by atoms with Gasteiger partial charge in [0.2, 0.25) is 0 Å². The molecule has 1 atom stereocenters. The van der Waals surface area contributed by atoms with Crippen LogP contribution in [0.1, 0.15) is 84.5 Å². The molecule has 1 rings (SSSR count). The molecular weight excluding hydrogens is 236 g/mol. The van der Waals surface area contributed by atoms with E-state index in [1.165, 1.54) is 57.8 Å². The molecule has 2 heteroatoms. The van der Waals surface area contributed by atoms with Gasteiger partial charge >= 0.3 is 5.97 Å². The van der Waals surface area contributed by atoms with Crippen molar-refractivity contribution in [3.63, 3.8) is 0 Å². The number of esters is 1. The summed E-state index contributed by atoms with van der Waals surface area (Å²) in [7, 11) is 0. The van der Waals surface area contributed by atoms with Gasteiger partial charge in [-0.1, -0.05) is 64.4 Å². The molecule has 0 amide bonds.